The molecule has 2 rings (SSSR count). The molecule has 7 nitrogen and oxygen atoms in total. The Morgan fingerprint density at radius 2 is 1.80 bits per heavy atom. The minimum absolute atomic E-state index is 0.278. The number of methoxy groups -OCH3 is 1. The molecule has 0 unspecified atom stereocenters. The van der Waals surface area contributed by atoms with Crippen LogP contribution in [0.4, 0.5) is 11.5 Å². The molecule has 0 saturated carbocycles. The number of nitrogens with one attached hydrogen (secondary N) is 2. The van der Waals surface area contributed by atoms with Gasteiger partial charge in [0.1, 0.15) is 5.82 Å². The summed E-state index contributed by atoms with van der Waals surface area (Å²) in [6, 6.07) is 9.93. The molecule has 1 aromatic heterocycles. The lowest BCUT2D eigenvalue weighted by atomic mass is 10.2. The summed E-state index contributed by atoms with van der Waals surface area (Å²) in [5.74, 6) is 0.00774. The fourth-order valence-electron chi connectivity index (χ4n) is 2.02. The Hall–Kier alpha value is -2.93. The number of amides is 1. The average molecular weight is 343 g/mol. The molecule has 25 heavy (non-hydrogen) atoms. The second kappa shape index (κ2) is 9.39. The summed E-state index contributed by atoms with van der Waals surface area (Å²) >= 11 is 0. The van der Waals surface area contributed by atoms with E-state index in [0.717, 1.165) is 0 Å². The molecule has 1 heterocycles. The molecule has 0 spiro atoms. The molecule has 0 radical (unpaired) electrons. The normalized spacial score (nSPS) is 10.2. The number of benzene rings is 1. The second-order valence-electron chi connectivity index (χ2n) is 5.10. The van der Waals surface area contributed by atoms with Crippen LogP contribution in [0.2, 0.25) is 0 Å². The molecule has 0 aliphatic rings. The molecule has 1 aromatic carbocycles. The zero-order chi connectivity index (χ0) is 18.1. The van der Waals surface area contributed by atoms with Gasteiger partial charge in [-0.1, -0.05) is 0 Å². The van der Waals surface area contributed by atoms with Crippen LogP contribution < -0.4 is 10.6 Å². The molecule has 0 saturated heterocycles. The maximum Gasteiger partial charge on any atom is 0.338 e. The highest BCUT2D eigenvalue weighted by Gasteiger charge is 2.09. The van der Waals surface area contributed by atoms with E-state index in [-0.39, 0.29) is 11.9 Å². The lowest BCUT2D eigenvalue weighted by Gasteiger charge is -2.08. The predicted molar refractivity (Wildman–Crippen MR) is 95.0 cm³/mol. The molecule has 0 aliphatic carbocycles. The summed E-state index contributed by atoms with van der Waals surface area (Å²) in [7, 11) is 1.63. The third-order valence-corrected chi connectivity index (χ3v) is 3.29. The fraction of sp³-hybridized carbons (Fsp3) is 0.278. The van der Waals surface area contributed by atoms with Crippen molar-refractivity contribution in [1.82, 2.24) is 4.98 Å². The SMILES string of the molecule is CCOC(=O)c1ccc(NC(=O)c2ccc(NCCOC)nc2)cc1. The first kappa shape index (κ1) is 18.4. The molecule has 0 bridgehead atoms. The van der Waals surface area contributed by atoms with Gasteiger partial charge in [0, 0.05) is 25.5 Å². The van der Waals surface area contributed by atoms with Gasteiger partial charge >= 0.3 is 5.97 Å². The van der Waals surface area contributed by atoms with Crippen molar-refractivity contribution in [2.75, 3.05) is 37.5 Å². The Morgan fingerprint density at radius 1 is 1.08 bits per heavy atom. The van der Waals surface area contributed by atoms with Crippen molar-refractivity contribution in [1.29, 1.82) is 0 Å². The van der Waals surface area contributed by atoms with Gasteiger partial charge in [-0.3, -0.25) is 4.79 Å². The number of aromatic nitrogens is 1. The summed E-state index contributed by atoms with van der Waals surface area (Å²) < 4.78 is 9.86. The highest BCUT2D eigenvalue weighted by Crippen LogP contribution is 2.13. The highest BCUT2D eigenvalue weighted by molar-refractivity contribution is 6.04. The average Bonchev–Trinajstić information content (AvgIpc) is 2.63. The van der Waals surface area contributed by atoms with Gasteiger partial charge in [-0.05, 0) is 43.3 Å². The summed E-state index contributed by atoms with van der Waals surface area (Å²) in [4.78, 5) is 28.0. The molecule has 7 heteroatoms. The Bertz CT molecular complexity index is 699. The van der Waals surface area contributed by atoms with Crippen molar-refractivity contribution in [3.8, 4) is 0 Å². The first-order valence-electron chi connectivity index (χ1n) is 7.91. The zero-order valence-corrected chi connectivity index (χ0v) is 14.2. The van der Waals surface area contributed by atoms with Gasteiger partial charge in [0.25, 0.3) is 5.91 Å². The number of carbonyl (C=O) groups is 2. The number of rotatable bonds is 8. The number of hydrogen-bond acceptors (Lipinski definition) is 6. The maximum absolute atomic E-state index is 12.2. The van der Waals surface area contributed by atoms with E-state index in [0.29, 0.717) is 42.4 Å². The standard InChI is InChI=1S/C18H21N3O4/c1-3-25-18(23)13-4-7-15(8-5-13)21-17(22)14-6-9-16(20-12-14)19-10-11-24-2/h4-9,12H,3,10-11H2,1-2H3,(H,19,20)(H,21,22). The second-order valence-corrected chi connectivity index (χ2v) is 5.10. The van der Waals surface area contributed by atoms with Gasteiger partial charge in [-0.15, -0.1) is 0 Å². The van der Waals surface area contributed by atoms with Crippen LogP contribution in [-0.2, 0) is 9.47 Å². The van der Waals surface area contributed by atoms with Gasteiger partial charge in [0.15, 0.2) is 0 Å². The molecule has 2 N–H and O–H groups in total. The maximum atomic E-state index is 12.2. The minimum atomic E-state index is -0.388. The monoisotopic (exact) mass is 343 g/mol. The largest absolute Gasteiger partial charge is 0.462 e. The summed E-state index contributed by atoms with van der Waals surface area (Å²) in [6.07, 6.45) is 1.50. The van der Waals surface area contributed by atoms with Crippen molar-refractivity contribution in [2.45, 2.75) is 6.92 Å². The number of pyridine rings is 1. The van der Waals surface area contributed by atoms with Crippen LogP contribution in [0.15, 0.2) is 42.6 Å². The number of nitrogens with zero attached hydrogens (tertiary/aromatic N) is 1. The molecule has 2 aromatic rings. The molecule has 0 fully saturated rings. The molecule has 132 valence electrons. The van der Waals surface area contributed by atoms with E-state index < -0.39 is 0 Å². The van der Waals surface area contributed by atoms with Crippen molar-refractivity contribution in [2.24, 2.45) is 0 Å². The lowest BCUT2D eigenvalue weighted by molar-refractivity contribution is 0.0526. The van der Waals surface area contributed by atoms with Crippen molar-refractivity contribution in [3.05, 3.63) is 53.7 Å². The van der Waals surface area contributed by atoms with Crippen LogP contribution in [0, 0.1) is 0 Å². The van der Waals surface area contributed by atoms with Crippen LogP contribution in [0.25, 0.3) is 0 Å². The van der Waals surface area contributed by atoms with E-state index in [2.05, 4.69) is 15.6 Å². The summed E-state index contributed by atoms with van der Waals surface area (Å²) in [6.45, 7) is 3.28. The van der Waals surface area contributed by atoms with Crippen molar-refractivity contribution in [3.63, 3.8) is 0 Å². The zero-order valence-electron chi connectivity index (χ0n) is 14.2. The van der Waals surface area contributed by atoms with Crippen LogP contribution >= 0.6 is 0 Å². The third-order valence-electron chi connectivity index (χ3n) is 3.29. The van der Waals surface area contributed by atoms with Crippen LogP contribution in [0.3, 0.4) is 0 Å². The molecule has 1 amide bonds. The smallest absolute Gasteiger partial charge is 0.338 e. The van der Waals surface area contributed by atoms with Gasteiger partial charge in [0.2, 0.25) is 0 Å². The van der Waals surface area contributed by atoms with Gasteiger partial charge in [-0.2, -0.15) is 0 Å². The Kier molecular flexibility index (Phi) is 6.91. The summed E-state index contributed by atoms with van der Waals surface area (Å²) in [5.41, 5.74) is 1.46. The quantitative estimate of drug-likeness (QED) is 0.566. The topological polar surface area (TPSA) is 89.5 Å². The van der Waals surface area contributed by atoms with Crippen LogP contribution in [-0.4, -0.2) is 43.7 Å². The van der Waals surface area contributed by atoms with E-state index in [4.69, 9.17) is 9.47 Å². The predicted octanol–water partition coefficient (Wildman–Crippen LogP) is 2.57. The first-order valence-corrected chi connectivity index (χ1v) is 7.91. The van der Waals surface area contributed by atoms with Gasteiger partial charge < -0.3 is 20.1 Å². The number of hydrogen-bond donors (Lipinski definition) is 2. The number of carbonyl (C=O) groups excluding carboxylic acids is 2. The number of ether oxygens (including phenoxy) is 2. The van der Waals surface area contributed by atoms with E-state index >= 15 is 0 Å². The lowest BCUT2D eigenvalue weighted by Crippen LogP contribution is -2.13. The Balaban J connectivity index is 1.93. The molecule has 0 aliphatic heterocycles. The fourth-order valence-corrected chi connectivity index (χ4v) is 2.02. The highest BCUT2D eigenvalue weighted by atomic mass is 16.5. The van der Waals surface area contributed by atoms with E-state index in [1.807, 2.05) is 0 Å². The number of anilines is 2. The minimum Gasteiger partial charge on any atom is -0.462 e. The molecule has 0 atom stereocenters. The van der Waals surface area contributed by atoms with Gasteiger partial charge in [-0.25, -0.2) is 9.78 Å². The van der Waals surface area contributed by atoms with E-state index in [9.17, 15) is 9.59 Å². The van der Waals surface area contributed by atoms with Crippen LogP contribution in [0.1, 0.15) is 27.6 Å². The number of esters is 1. The molecular formula is C18H21N3O4. The van der Waals surface area contributed by atoms with Crippen molar-refractivity contribution < 1.29 is 19.1 Å². The van der Waals surface area contributed by atoms with Crippen LogP contribution in [0.5, 0.6) is 0 Å². The van der Waals surface area contributed by atoms with Crippen molar-refractivity contribution >= 4 is 23.4 Å². The molecular weight excluding hydrogens is 322 g/mol. The van der Waals surface area contributed by atoms with E-state index in [1.54, 1.807) is 50.4 Å². The Labute approximate surface area is 146 Å². The summed E-state index contributed by atoms with van der Waals surface area (Å²) in [5, 5.41) is 5.83. The first-order chi connectivity index (χ1) is 12.1. The third kappa shape index (κ3) is 5.58. The Morgan fingerprint density at radius 3 is 2.40 bits per heavy atom. The van der Waals surface area contributed by atoms with E-state index in [1.165, 1.54) is 6.20 Å². The van der Waals surface area contributed by atoms with Gasteiger partial charge in [0.05, 0.1) is 24.3 Å².